The highest BCUT2D eigenvalue weighted by Gasteiger charge is 1.97. The van der Waals surface area contributed by atoms with E-state index in [2.05, 4.69) is 6.55 Å². The van der Waals surface area contributed by atoms with Gasteiger partial charge in [0.25, 0.3) is 0 Å². The summed E-state index contributed by atoms with van der Waals surface area (Å²) in [6.45, 7) is 2.99. The monoisotopic (exact) mass is 242 g/mol. The first-order valence-corrected chi connectivity index (χ1v) is 8.30. The van der Waals surface area contributed by atoms with Crippen LogP contribution in [0.1, 0.15) is 25.7 Å². The number of nitrogens with zero attached hydrogens (tertiary/aromatic N) is 1. The van der Waals surface area contributed by atoms with Crippen molar-refractivity contribution in [3.05, 3.63) is 12.3 Å². The van der Waals surface area contributed by atoms with Crippen LogP contribution < -0.4 is 5.73 Å². The van der Waals surface area contributed by atoms with Crippen molar-refractivity contribution in [2.45, 2.75) is 38.3 Å². The highest BCUT2D eigenvalue weighted by molar-refractivity contribution is 6.33. The molecule has 0 fully saturated rings. The van der Waals surface area contributed by atoms with E-state index in [0.29, 0.717) is 6.54 Å². The average Bonchev–Trinajstić information content (AvgIpc) is 2.27. The van der Waals surface area contributed by atoms with E-state index in [1.807, 2.05) is 0 Å². The summed E-state index contributed by atoms with van der Waals surface area (Å²) >= 11 is 0. The van der Waals surface area contributed by atoms with Crippen molar-refractivity contribution >= 4 is 21.8 Å². The van der Waals surface area contributed by atoms with E-state index in [4.69, 9.17) is 5.73 Å². The number of unbranched alkanes of at least 4 members (excludes halogenated alkanes) is 3. The van der Waals surface area contributed by atoms with Crippen LogP contribution >= 0.6 is 0 Å². The first-order valence-electron chi connectivity index (χ1n) is 5.89. The molecule has 0 aliphatic rings. The lowest BCUT2D eigenvalue weighted by molar-refractivity contribution is -0.116. The zero-order valence-electron chi connectivity index (χ0n) is 10.0. The molecule has 0 atom stereocenters. The van der Waals surface area contributed by atoms with Crippen molar-refractivity contribution in [2.24, 2.45) is 5.73 Å². The summed E-state index contributed by atoms with van der Waals surface area (Å²) in [7, 11) is 0.213. The minimum absolute atomic E-state index is 0.213. The molecule has 2 N–H and O–H groups in total. The van der Waals surface area contributed by atoms with Gasteiger partial charge >= 0.3 is 0 Å². The molecule has 0 aliphatic carbocycles. The minimum Gasteiger partial charge on any atom is -0.366 e. The van der Waals surface area contributed by atoms with Crippen LogP contribution in [0.15, 0.2) is 12.3 Å². The lowest BCUT2D eigenvalue weighted by Crippen LogP contribution is -2.18. The van der Waals surface area contributed by atoms with E-state index in [1.54, 1.807) is 0 Å². The van der Waals surface area contributed by atoms with E-state index < -0.39 is 5.91 Å². The molecule has 0 aromatic rings. The minimum atomic E-state index is -0.528. The molecule has 5 heteroatoms. The summed E-state index contributed by atoms with van der Waals surface area (Å²) in [5, 5.41) is 0. The third-order valence-electron chi connectivity index (χ3n) is 2.34. The molecule has 0 aromatic carbocycles. The zero-order valence-corrected chi connectivity index (χ0v) is 11.4. The van der Waals surface area contributed by atoms with Crippen LogP contribution in [0.3, 0.4) is 0 Å². The predicted octanol–water partition coefficient (Wildman–Crippen LogP) is 0.639. The van der Waals surface area contributed by atoms with Crippen molar-refractivity contribution in [3.8, 4) is 0 Å². The number of carbonyl (C=O) groups is 2. The zero-order chi connectivity index (χ0) is 12.2. The Bertz CT molecular complexity index is 232. The van der Waals surface area contributed by atoms with Crippen LogP contribution in [0.5, 0.6) is 0 Å². The molecular weight excluding hydrogens is 220 g/mol. The second-order valence-corrected chi connectivity index (χ2v) is 5.54. The SMILES string of the molecule is C[SiH2]CCCCCCN(C=O)/C=C\C(N)=O. The van der Waals surface area contributed by atoms with Gasteiger partial charge in [-0.1, -0.05) is 31.9 Å². The fraction of sp³-hybridized carbons (Fsp3) is 0.636. The lowest BCUT2D eigenvalue weighted by atomic mass is 10.2. The average molecular weight is 242 g/mol. The summed E-state index contributed by atoms with van der Waals surface area (Å²) < 4.78 is 0. The van der Waals surface area contributed by atoms with Crippen LogP contribution in [-0.2, 0) is 9.59 Å². The Morgan fingerprint density at radius 3 is 2.56 bits per heavy atom. The second kappa shape index (κ2) is 10.4. The van der Waals surface area contributed by atoms with Crippen molar-refractivity contribution < 1.29 is 9.59 Å². The number of amides is 2. The van der Waals surface area contributed by atoms with Crippen LogP contribution in [0.4, 0.5) is 0 Å². The smallest absolute Gasteiger partial charge is 0.242 e. The largest absolute Gasteiger partial charge is 0.366 e. The molecule has 0 aliphatic heterocycles. The van der Waals surface area contributed by atoms with Crippen LogP contribution in [0.2, 0.25) is 12.6 Å². The first-order chi connectivity index (χ1) is 7.70. The Balaban J connectivity index is 3.55. The Kier molecular flexibility index (Phi) is 9.70. The van der Waals surface area contributed by atoms with Gasteiger partial charge in [-0.3, -0.25) is 9.59 Å². The van der Waals surface area contributed by atoms with Crippen molar-refractivity contribution in [3.63, 3.8) is 0 Å². The van der Waals surface area contributed by atoms with E-state index >= 15 is 0 Å². The number of nitrogens with two attached hydrogens (primary N) is 1. The van der Waals surface area contributed by atoms with Crippen molar-refractivity contribution in [1.82, 2.24) is 4.90 Å². The third kappa shape index (κ3) is 9.45. The Morgan fingerprint density at radius 1 is 1.31 bits per heavy atom. The summed E-state index contributed by atoms with van der Waals surface area (Å²) in [6, 6.07) is 1.42. The highest BCUT2D eigenvalue weighted by Crippen LogP contribution is 2.04. The number of rotatable bonds is 10. The van der Waals surface area contributed by atoms with Gasteiger partial charge in [-0.25, -0.2) is 0 Å². The van der Waals surface area contributed by atoms with Crippen LogP contribution in [0.25, 0.3) is 0 Å². The molecule has 0 saturated heterocycles. The van der Waals surface area contributed by atoms with E-state index in [1.165, 1.54) is 36.1 Å². The Morgan fingerprint density at radius 2 is 2.00 bits per heavy atom. The number of hydrogen-bond acceptors (Lipinski definition) is 2. The highest BCUT2D eigenvalue weighted by atomic mass is 28.2. The van der Waals surface area contributed by atoms with Gasteiger partial charge in [0.2, 0.25) is 12.3 Å². The predicted molar refractivity (Wildman–Crippen MR) is 68.8 cm³/mol. The lowest BCUT2D eigenvalue weighted by Gasteiger charge is -2.11. The van der Waals surface area contributed by atoms with Crippen molar-refractivity contribution in [1.29, 1.82) is 0 Å². The van der Waals surface area contributed by atoms with E-state index in [9.17, 15) is 9.59 Å². The normalized spacial score (nSPS) is 11.3. The summed E-state index contributed by atoms with van der Waals surface area (Å²) in [4.78, 5) is 22.5. The molecule has 0 radical (unpaired) electrons. The number of carbonyl (C=O) groups excluding carboxylic acids is 2. The molecular formula is C11H22N2O2Si. The molecule has 0 aromatic heterocycles. The van der Waals surface area contributed by atoms with Gasteiger partial charge in [0.05, 0.1) is 0 Å². The molecule has 92 valence electrons. The molecule has 0 bridgehead atoms. The quantitative estimate of drug-likeness (QED) is 0.264. The van der Waals surface area contributed by atoms with E-state index in [-0.39, 0.29) is 9.52 Å². The van der Waals surface area contributed by atoms with Gasteiger partial charge in [-0.15, -0.1) is 0 Å². The van der Waals surface area contributed by atoms with E-state index in [0.717, 1.165) is 19.3 Å². The molecule has 0 unspecified atom stereocenters. The maximum absolute atomic E-state index is 10.6. The standard InChI is InChI=1S/C11H22N2O2Si/c1-16-9-5-3-2-4-7-13(10-14)8-6-11(12)15/h6,8,10H,2-5,7,9,16H2,1H3,(H2,12,15)/b8-6-. The fourth-order valence-corrected chi connectivity index (χ4v) is 2.26. The first kappa shape index (κ1) is 14.9. The molecule has 4 nitrogen and oxygen atoms in total. The maximum atomic E-state index is 10.6. The Labute approximate surface area is 99.7 Å². The summed E-state index contributed by atoms with van der Waals surface area (Å²) in [5.74, 6) is -0.528. The van der Waals surface area contributed by atoms with Gasteiger partial charge < -0.3 is 10.6 Å². The van der Waals surface area contributed by atoms with Gasteiger partial charge in [-0.05, 0) is 6.42 Å². The van der Waals surface area contributed by atoms with Gasteiger partial charge in [0.15, 0.2) is 0 Å². The van der Waals surface area contributed by atoms with Crippen molar-refractivity contribution in [2.75, 3.05) is 6.54 Å². The van der Waals surface area contributed by atoms with Gasteiger partial charge in [-0.2, -0.15) is 0 Å². The molecule has 0 heterocycles. The second-order valence-electron chi connectivity index (χ2n) is 3.83. The molecule has 0 saturated carbocycles. The third-order valence-corrected chi connectivity index (χ3v) is 3.54. The molecule has 0 spiro atoms. The number of primary amides is 1. The van der Waals surface area contributed by atoms with Crippen LogP contribution in [-0.4, -0.2) is 33.3 Å². The fourth-order valence-electron chi connectivity index (χ4n) is 1.41. The molecule has 2 amide bonds. The molecule has 16 heavy (non-hydrogen) atoms. The Hall–Kier alpha value is -1.10. The topological polar surface area (TPSA) is 63.4 Å². The van der Waals surface area contributed by atoms with Crippen LogP contribution in [0, 0.1) is 0 Å². The summed E-state index contributed by atoms with van der Waals surface area (Å²) in [5.41, 5.74) is 4.94. The van der Waals surface area contributed by atoms with Gasteiger partial charge in [0, 0.05) is 28.3 Å². The molecule has 0 rings (SSSR count). The summed E-state index contributed by atoms with van der Waals surface area (Å²) in [6.07, 6.45) is 8.05. The maximum Gasteiger partial charge on any atom is 0.242 e. The van der Waals surface area contributed by atoms with Gasteiger partial charge in [0.1, 0.15) is 0 Å². The number of hydrogen-bond donors (Lipinski definition) is 1.